The summed E-state index contributed by atoms with van der Waals surface area (Å²) >= 11 is 1.54. The summed E-state index contributed by atoms with van der Waals surface area (Å²) in [6.07, 6.45) is 0.306. The molecular weight excluding hydrogens is 374 g/mol. The first kappa shape index (κ1) is 18.0. The highest BCUT2D eigenvalue weighted by molar-refractivity contribution is 7.10. The summed E-state index contributed by atoms with van der Waals surface area (Å²) in [5, 5.41) is 5.25. The Bertz CT molecular complexity index is 1190. The molecule has 0 aliphatic heterocycles. The second-order valence-corrected chi connectivity index (χ2v) is 7.22. The predicted octanol–water partition coefficient (Wildman–Crippen LogP) is 4.71. The zero-order valence-electron chi connectivity index (χ0n) is 15.1. The van der Waals surface area contributed by atoms with Crippen molar-refractivity contribution in [3.8, 4) is 17.1 Å². The SMILES string of the molecule is COc1ccccc1-c1cc(=O)c2ccc(NC(=O)Cc3cccs3)cc2o1. The number of ether oxygens (including phenoxy) is 1. The number of rotatable bonds is 5. The molecule has 0 saturated carbocycles. The Hall–Kier alpha value is -3.38. The third-order valence-corrected chi connectivity index (χ3v) is 5.18. The molecule has 0 saturated heterocycles. The number of para-hydroxylation sites is 1. The highest BCUT2D eigenvalue weighted by Crippen LogP contribution is 2.31. The van der Waals surface area contributed by atoms with Crippen molar-refractivity contribution in [2.75, 3.05) is 12.4 Å². The maximum absolute atomic E-state index is 12.5. The monoisotopic (exact) mass is 391 g/mol. The number of thiophene rings is 1. The van der Waals surface area contributed by atoms with Gasteiger partial charge in [0.2, 0.25) is 5.91 Å². The van der Waals surface area contributed by atoms with E-state index in [1.165, 1.54) is 17.4 Å². The predicted molar refractivity (Wildman–Crippen MR) is 111 cm³/mol. The first-order valence-corrected chi connectivity index (χ1v) is 9.55. The molecule has 28 heavy (non-hydrogen) atoms. The van der Waals surface area contributed by atoms with Gasteiger partial charge in [-0.2, -0.15) is 0 Å². The molecule has 140 valence electrons. The summed E-state index contributed by atoms with van der Waals surface area (Å²) < 4.78 is 11.3. The molecule has 6 heteroatoms. The fourth-order valence-corrected chi connectivity index (χ4v) is 3.69. The summed E-state index contributed by atoms with van der Waals surface area (Å²) in [6, 6.07) is 17.7. The number of nitrogens with one attached hydrogen (secondary N) is 1. The maximum Gasteiger partial charge on any atom is 0.229 e. The van der Waals surface area contributed by atoms with Gasteiger partial charge in [-0.25, -0.2) is 0 Å². The van der Waals surface area contributed by atoms with Crippen LogP contribution in [-0.2, 0) is 11.2 Å². The van der Waals surface area contributed by atoms with Crippen LogP contribution in [0.25, 0.3) is 22.3 Å². The van der Waals surface area contributed by atoms with Gasteiger partial charge in [0.1, 0.15) is 17.1 Å². The number of fused-ring (bicyclic) bond motifs is 1. The van der Waals surface area contributed by atoms with E-state index < -0.39 is 0 Å². The van der Waals surface area contributed by atoms with E-state index in [1.54, 1.807) is 31.4 Å². The van der Waals surface area contributed by atoms with E-state index in [2.05, 4.69) is 5.32 Å². The molecule has 0 aliphatic carbocycles. The van der Waals surface area contributed by atoms with Crippen LogP contribution in [0, 0.1) is 0 Å². The maximum atomic E-state index is 12.5. The molecule has 4 rings (SSSR count). The lowest BCUT2D eigenvalue weighted by atomic mass is 10.1. The molecule has 2 aromatic carbocycles. The van der Waals surface area contributed by atoms with Gasteiger partial charge in [-0.1, -0.05) is 18.2 Å². The molecule has 4 aromatic rings. The number of carbonyl (C=O) groups is 1. The summed E-state index contributed by atoms with van der Waals surface area (Å²) in [4.78, 5) is 25.8. The molecule has 0 bridgehead atoms. The van der Waals surface area contributed by atoms with E-state index in [-0.39, 0.29) is 11.3 Å². The molecule has 0 aliphatic rings. The van der Waals surface area contributed by atoms with Crippen molar-refractivity contribution in [2.24, 2.45) is 0 Å². The Balaban J connectivity index is 1.68. The van der Waals surface area contributed by atoms with Crippen LogP contribution in [0.3, 0.4) is 0 Å². The van der Waals surface area contributed by atoms with Crippen LogP contribution < -0.4 is 15.5 Å². The number of methoxy groups -OCH3 is 1. The van der Waals surface area contributed by atoms with Crippen molar-refractivity contribution < 1.29 is 13.9 Å². The zero-order chi connectivity index (χ0) is 19.5. The number of hydrogen-bond donors (Lipinski definition) is 1. The van der Waals surface area contributed by atoms with Crippen LogP contribution >= 0.6 is 11.3 Å². The molecule has 0 fully saturated rings. The number of anilines is 1. The number of carbonyl (C=O) groups excluding carboxylic acids is 1. The highest BCUT2D eigenvalue weighted by atomic mass is 32.1. The largest absolute Gasteiger partial charge is 0.496 e. The minimum Gasteiger partial charge on any atom is -0.496 e. The lowest BCUT2D eigenvalue weighted by Crippen LogP contribution is -2.13. The van der Waals surface area contributed by atoms with Gasteiger partial charge in [-0.15, -0.1) is 11.3 Å². The Morgan fingerprint density at radius 2 is 1.96 bits per heavy atom. The van der Waals surface area contributed by atoms with Crippen molar-refractivity contribution >= 4 is 33.9 Å². The molecule has 0 atom stereocenters. The average molecular weight is 391 g/mol. The third kappa shape index (κ3) is 3.68. The minimum atomic E-state index is -0.154. The Morgan fingerprint density at radius 3 is 2.75 bits per heavy atom. The second-order valence-electron chi connectivity index (χ2n) is 6.19. The Morgan fingerprint density at radius 1 is 1.11 bits per heavy atom. The second kappa shape index (κ2) is 7.70. The molecule has 0 spiro atoms. The topological polar surface area (TPSA) is 68.5 Å². The molecule has 0 radical (unpaired) electrons. The van der Waals surface area contributed by atoms with Crippen molar-refractivity contribution in [3.05, 3.63) is 81.1 Å². The van der Waals surface area contributed by atoms with E-state index in [4.69, 9.17) is 9.15 Å². The summed E-state index contributed by atoms with van der Waals surface area (Å²) in [5.41, 5.74) is 1.52. The number of amides is 1. The Kier molecular flexibility index (Phi) is 4.95. The molecule has 2 heterocycles. The fraction of sp³-hybridized carbons (Fsp3) is 0.0909. The molecule has 5 nitrogen and oxygen atoms in total. The van der Waals surface area contributed by atoms with Crippen molar-refractivity contribution in [1.29, 1.82) is 0 Å². The van der Waals surface area contributed by atoms with Crippen LogP contribution in [0.15, 0.2) is 75.3 Å². The van der Waals surface area contributed by atoms with Crippen LogP contribution in [-0.4, -0.2) is 13.0 Å². The van der Waals surface area contributed by atoms with Gasteiger partial charge < -0.3 is 14.5 Å². The van der Waals surface area contributed by atoms with Crippen molar-refractivity contribution in [2.45, 2.75) is 6.42 Å². The van der Waals surface area contributed by atoms with Gasteiger partial charge in [0.25, 0.3) is 0 Å². The van der Waals surface area contributed by atoms with Gasteiger partial charge in [-0.3, -0.25) is 9.59 Å². The molecular formula is C22H17NO4S. The molecule has 1 N–H and O–H groups in total. The van der Waals surface area contributed by atoms with Gasteiger partial charge in [0, 0.05) is 22.7 Å². The average Bonchev–Trinajstić information content (AvgIpc) is 3.20. The van der Waals surface area contributed by atoms with E-state index in [0.717, 1.165) is 4.88 Å². The molecule has 1 amide bonds. The summed E-state index contributed by atoms with van der Waals surface area (Å²) in [5.74, 6) is 0.910. The zero-order valence-corrected chi connectivity index (χ0v) is 15.9. The van der Waals surface area contributed by atoms with E-state index in [1.807, 2.05) is 35.7 Å². The lowest BCUT2D eigenvalue weighted by molar-refractivity contribution is -0.115. The first-order chi connectivity index (χ1) is 13.6. The van der Waals surface area contributed by atoms with Crippen LogP contribution in [0.1, 0.15) is 4.88 Å². The third-order valence-electron chi connectivity index (χ3n) is 4.30. The van der Waals surface area contributed by atoms with Gasteiger partial charge in [0.05, 0.1) is 24.5 Å². The van der Waals surface area contributed by atoms with Crippen LogP contribution in [0.2, 0.25) is 0 Å². The quantitative estimate of drug-likeness (QED) is 0.535. The molecule has 0 unspecified atom stereocenters. The lowest BCUT2D eigenvalue weighted by Gasteiger charge is -2.09. The normalized spacial score (nSPS) is 10.8. The standard InChI is InChI=1S/C22H17NO4S/c1-26-19-7-3-2-6-17(19)21-13-18(24)16-9-8-14(11-20(16)27-21)23-22(25)12-15-5-4-10-28-15/h2-11,13H,12H2,1H3,(H,23,25). The van der Waals surface area contributed by atoms with E-state index in [0.29, 0.717) is 40.2 Å². The first-order valence-electron chi connectivity index (χ1n) is 8.67. The van der Waals surface area contributed by atoms with E-state index in [9.17, 15) is 9.59 Å². The summed E-state index contributed by atoms with van der Waals surface area (Å²) in [7, 11) is 1.57. The highest BCUT2D eigenvalue weighted by Gasteiger charge is 2.12. The van der Waals surface area contributed by atoms with E-state index >= 15 is 0 Å². The number of hydrogen-bond acceptors (Lipinski definition) is 5. The number of benzene rings is 2. The van der Waals surface area contributed by atoms with Crippen LogP contribution in [0.5, 0.6) is 5.75 Å². The van der Waals surface area contributed by atoms with Gasteiger partial charge in [-0.05, 0) is 35.7 Å². The smallest absolute Gasteiger partial charge is 0.229 e. The minimum absolute atomic E-state index is 0.120. The van der Waals surface area contributed by atoms with Gasteiger partial charge in [0.15, 0.2) is 5.43 Å². The van der Waals surface area contributed by atoms with Crippen molar-refractivity contribution in [1.82, 2.24) is 0 Å². The molecule has 2 aromatic heterocycles. The Labute approximate surface area is 165 Å². The fourth-order valence-electron chi connectivity index (χ4n) is 2.99. The van der Waals surface area contributed by atoms with Crippen molar-refractivity contribution in [3.63, 3.8) is 0 Å². The summed E-state index contributed by atoms with van der Waals surface area (Å²) in [6.45, 7) is 0. The van der Waals surface area contributed by atoms with Crippen LogP contribution in [0.4, 0.5) is 5.69 Å². The van der Waals surface area contributed by atoms with Gasteiger partial charge >= 0.3 is 0 Å².